The number of carbonyl (C=O) groups is 1. The molecule has 1 N–H and O–H groups in total. The molecule has 0 aliphatic heterocycles. The first-order chi connectivity index (χ1) is 12.8. The van der Waals surface area contributed by atoms with Gasteiger partial charge in [0, 0.05) is 23.3 Å². The lowest BCUT2D eigenvalue weighted by molar-refractivity contribution is -0.137. The minimum absolute atomic E-state index is 0.101. The average molecular weight is 373 g/mol. The number of pyridine rings is 1. The molecule has 0 saturated heterocycles. The molecule has 4 nitrogen and oxygen atoms in total. The maximum atomic E-state index is 12.8. The van der Waals surface area contributed by atoms with E-state index in [1.54, 1.807) is 19.2 Å². The Morgan fingerprint density at radius 2 is 1.89 bits per heavy atom. The molecule has 1 amide bonds. The van der Waals surface area contributed by atoms with Gasteiger partial charge in [0.25, 0.3) is 5.91 Å². The second-order valence-corrected chi connectivity index (χ2v) is 6.22. The minimum Gasteiger partial charge on any atom is -0.342 e. The van der Waals surface area contributed by atoms with E-state index in [0.717, 1.165) is 29.2 Å². The summed E-state index contributed by atoms with van der Waals surface area (Å²) in [6, 6.07) is 11.9. The molecular weight excluding hydrogens is 355 g/mol. The molecule has 1 aromatic carbocycles. The van der Waals surface area contributed by atoms with E-state index in [2.05, 4.69) is 10.3 Å². The number of anilines is 1. The summed E-state index contributed by atoms with van der Waals surface area (Å²) in [5, 5.41) is 2.55. The monoisotopic (exact) mass is 373 g/mol. The first kappa shape index (κ1) is 18.7. The Hall–Kier alpha value is -3.09. The highest BCUT2D eigenvalue weighted by Crippen LogP contribution is 2.31. The van der Waals surface area contributed by atoms with Crippen LogP contribution in [-0.2, 0) is 12.7 Å². The SMILES string of the molecule is Cc1cc(C(=O)Nc2cccc(C(F)(F)F)c2)c(C)n1Cc1ccccn1. The average Bonchev–Trinajstić information content (AvgIpc) is 2.90. The number of aryl methyl sites for hydroxylation is 1. The second kappa shape index (κ2) is 7.26. The fraction of sp³-hybridized carbons (Fsp3) is 0.200. The Morgan fingerprint density at radius 3 is 2.56 bits per heavy atom. The zero-order valence-electron chi connectivity index (χ0n) is 14.8. The van der Waals surface area contributed by atoms with E-state index in [1.807, 2.05) is 29.7 Å². The number of aromatic nitrogens is 2. The maximum absolute atomic E-state index is 12.8. The maximum Gasteiger partial charge on any atom is 0.416 e. The van der Waals surface area contributed by atoms with E-state index in [4.69, 9.17) is 0 Å². The summed E-state index contributed by atoms with van der Waals surface area (Å²) in [6.07, 6.45) is -2.76. The van der Waals surface area contributed by atoms with Crippen molar-refractivity contribution in [2.75, 3.05) is 5.32 Å². The molecule has 0 spiro atoms. The molecule has 27 heavy (non-hydrogen) atoms. The van der Waals surface area contributed by atoms with Crippen LogP contribution in [0.1, 0.15) is 33.0 Å². The normalized spacial score (nSPS) is 11.4. The van der Waals surface area contributed by atoms with Gasteiger partial charge in [-0.15, -0.1) is 0 Å². The summed E-state index contributed by atoms with van der Waals surface area (Å²) in [7, 11) is 0. The first-order valence-electron chi connectivity index (χ1n) is 8.31. The second-order valence-electron chi connectivity index (χ2n) is 6.22. The van der Waals surface area contributed by atoms with Gasteiger partial charge in [-0.25, -0.2) is 0 Å². The van der Waals surface area contributed by atoms with Crippen molar-refractivity contribution in [3.05, 3.63) is 82.9 Å². The molecule has 3 aromatic rings. The van der Waals surface area contributed by atoms with E-state index in [0.29, 0.717) is 12.1 Å². The van der Waals surface area contributed by atoms with E-state index < -0.39 is 17.6 Å². The van der Waals surface area contributed by atoms with Crippen molar-refractivity contribution in [2.24, 2.45) is 0 Å². The van der Waals surface area contributed by atoms with E-state index in [-0.39, 0.29) is 5.69 Å². The molecule has 0 bridgehead atoms. The molecule has 0 atom stereocenters. The molecule has 0 aliphatic carbocycles. The van der Waals surface area contributed by atoms with Crippen LogP contribution < -0.4 is 5.32 Å². The Balaban J connectivity index is 1.83. The Kier molecular flexibility index (Phi) is 5.03. The quantitative estimate of drug-likeness (QED) is 0.713. The van der Waals surface area contributed by atoms with Gasteiger partial charge in [-0.2, -0.15) is 13.2 Å². The first-order valence-corrected chi connectivity index (χ1v) is 8.31. The summed E-state index contributed by atoms with van der Waals surface area (Å²) < 4.78 is 40.4. The summed E-state index contributed by atoms with van der Waals surface area (Å²) in [6.45, 7) is 4.18. The third kappa shape index (κ3) is 4.19. The fourth-order valence-corrected chi connectivity index (χ4v) is 2.90. The molecule has 3 rings (SSSR count). The lowest BCUT2D eigenvalue weighted by Gasteiger charge is -2.11. The predicted octanol–water partition coefficient (Wildman–Crippen LogP) is 4.82. The van der Waals surface area contributed by atoms with Gasteiger partial charge >= 0.3 is 6.18 Å². The van der Waals surface area contributed by atoms with E-state index in [9.17, 15) is 18.0 Å². The van der Waals surface area contributed by atoms with Crippen LogP contribution in [0.25, 0.3) is 0 Å². The van der Waals surface area contributed by atoms with Crippen LogP contribution in [0.5, 0.6) is 0 Å². The zero-order valence-corrected chi connectivity index (χ0v) is 14.8. The Bertz CT molecular complexity index is 962. The molecule has 0 aliphatic rings. The van der Waals surface area contributed by atoms with E-state index in [1.165, 1.54) is 12.1 Å². The van der Waals surface area contributed by atoms with Gasteiger partial charge in [-0.1, -0.05) is 12.1 Å². The molecule has 7 heteroatoms. The Labute approximate surface area is 154 Å². The highest BCUT2D eigenvalue weighted by molar-refractivity contribution is 6.05. The molecule has 0 radical (unpaired) electrons. The lowest BCUT2D eigenvalue weighted by Crippen LogP contribution is -2.14. The zero-order chi connectivity index (χ0) is 19.6. The molecule has 0 fully saturated rings. The van der Waals surface area contributed by atoms with Gasteiger partial charge in [0.15, 0.2) is 0 Å². The number of nitrogens with one attached hydrogen (secondary N) is 1. The van der Waals surface area contributed by atoms with Crippen molar-refractivity contribution >= 4 is 11.6 Å². The number of nitrogens with zero attached hydrogens (tertiary/aromatic N) is 2. The van der Waals surface area contributed by atoms with Gasteiger partial charge in [-0.3, -0.25) is 9.78 Å². The molecular formula is C20H18F3N3O. The number of alkyl halides is 3. The van der Waals surface area contributed by atoms with Gasteiger partial charge in [0.2, 0.25) is 0 Å². The van der Waals surface area contributed by atoms with E-state index >= 15 is 0 Å². The largest absolute Gasteiger partial charge is 0.416 e. The van der Waals surface area contributed by atoms with Crippen molar-refractivity contribution in [3.63, 3.8) is 0 Å². The lowest BCUT2D eigenvalue weighted by atomic mass is 10.1. The third-order valence-electron chi connectivity index (χ3n) is 4.31. The number of hydrogen-bond donors (Lipinski definition) is 1. The highest BCUT2D eigenvalue weighted by Gasteiger charge is 2.30. The number of amides is 1. The summed E-state index contributed by atoms with van der Waals surface area (Å²) in [5.74, 6) is -0.449. The Morgan fingerprint density at radius 1 is 1.11 bits per heavy atom. The van der Waals surface area contributed by atoms with Crippen LogP contribution in [0.15, 0.2) is 54.7 Å². The molecule has 0 unspecified atom stereocenters. The van der Waals surface area contributed by atoms with Crippen molar-refractivity contribution in [1.82, 2.24) is 9.55 Å². The van der Waals surface area contributed by atoms with Gasteiger partial charge < -0.3 is 9.88 Å². The molecule has 2 aromatic heterocycles. The smallest absolute Gasteiger partial charge is 0.342 e. The number of halogens is 3. The third-order valence-corrected chi connectivity index (χ3v) is 4.31. The van der Waals surface area contributed by atoms with Crippen LogP contribution in [0, 0.1) is 13.8 Å². The predicted molar refractivity (Wildman–Crippen MR) is 96.6 cm³/mol. The minimum atomic E-state index is -4.46. The van der Waals surface area contributed by atoms with Gasteiger partial charge in [-0.05, 0) is 50.2 Å². The molecule has 140 valence electrons. The van der Waals surface area contributed by atoms with Crippen LogP contribution in [0.4, 0.5) is 18.9 Å². The topological polar surface area (TPSA) is 46.9 Å². The molecule has 2 heterocycles. The number of rotatable bonds is 4. The number of hydrogen-bond acceptors (Lipinski definition) is 2. The van der Waals surface area contributed by atoms with Gasteiger partial charge in [0.1, 0.15) is 0 Å². The van der Waals surface area contributed by atoms with Crippen LogP contribution in [0.3, 0.4) is 0 Å². The number of carbonyl (C=O) groups excluding carboxylic acids is 1. The van der Waals surface area contributed by atoms with Crippen molar-refractivity contribution in [2.45, 2.75) is 26.6 Å². The fourth-order valence-electron chi connectivity index (χ4n) is 2.90. The van der Waals surface area contributed by atoms with Gasteiger partial charge in [0.05, 0.1) is 23.4 Å². The van der Waals surface area contributed by atoms with Crippen molar-refractivity contribution in [1.29, 1.82) is 0 Å². The summed E-state index contributed by atoms with van der Waals surface area (Å²) >= 11 is 0. The van der Waals surface area contributed by atoms with Crippen LogP contribution in [-0.4, -0.2) is 15.5 Å². The summed E-state index contributed by atoms with van der Waals surface area (Å²) in [4.78, 5) is 16.9. The number of benzene rings is 1. The van der Waals surface area contributed by atoms with Crippen molar-refractivity contribution < 1.29 is 18.0 Å². The molecule has 0 saturated carbocycles. The van der Waals surface area contributed by atoms with Crippen LogP contribution >= 0.6 is 0 Å². The summed E-state index contributed by atoms with van der Waals surface area (Å²) in [5.41, 5.74) is 2.16. The van der Waals surface area contributed by atoms with Crippen LogP contribution in [0.2, 0.25) is 0 Å². The van der Waals surface area contributed by atoms with Crippen molar-refractivity contribution in [3.8, 4) is 0 Å². The highest BCUT2D eigenvalue weighted by atomic mass is 19.4. The standard InChI is InChI=1S/C20H18F3N3O/c1-13-10-18(14(2)26(13)12-17-7-3-4-9-24-17)19(27)25-16-8-5-6-15(11-16)20(21,22)23/h3-11H,12H2,1-2H3,(H,25,27).